The molecule has 30 heavy (non-hydrogen) atoms. The highest BCUT2D eigenvalue weighted by Crippen LogP contribution is 2.36. The molecule has 2 heterocycles. The molecule has 3 rings (SSSR count). The predicted molar refractivity (Wildman–Crippen MR) is 113 cm³/mol. The fourth-order valence-corrected chi connectivity index (χ4v) is 3.90. The number of Topliss-reactive ketones (excluding diaryl/α,β-unsaturated/α-hetero) is 1. The van der Waals surface area contributed by atoms with Gasteiger partial charge in [0, 0.05) is 31.3 Å². The Bertz CT molecular complexity index is 994. The summed E-state index contributed by atoms with van der Waals surface area (Å²) in [6.45, 7) is 6.51. The fourth-order valence-electron chi connectivity index (χ4n) is 3.62. The van der Waals surface area contributed by atoms with Gasteiger partial charge in [0.1, 0.15) is 10.6 Å². The number of benzene rings is 1. The van der Waals surface area contributed by atoms with Gasteiger partial charge >= 0.3 is 6.09 Å². The van der Waals surface area contributed by atoms with Crippen molar-refractivity contribution in [3.63, 3.8) is 0 Å². The zero-order valence-corrected chi connectivity index (χ0v) is 17.9. The van der Waals surface area contributed by atoms with Gasteiger partial charge in [0.15, 0.2) is 5.78 Å². The molecule has 0 N–H and O–H groups in total. The minimum Gasteiger partial charge on any atom is -0.444 e. The van der Waals surface area contributed by atoms with Gasteiger partial charge < -0.3 is 9.64 Å². The minimum atomic E-state index is -0.563. The van der Waals surface area contributed by atoms with Gasteiger partial charge in [-0.25, -0.2) is 4.79 Å². The number of aromatic nitrogens is 1. The first-order valence-electron chi connectivity index (χ1n) is 9.79. The molecule has 0 atom stereocenters. The second kappa shape index (κ2) is 8.55. The molecule has 0 spiro atoms. The number of halogens is 1. The number of hydrogen-bond donors (Lipinski definition) is 0. The summed E-state index contributed by atoms with van der Waals surface area (Å²) in [7, 11) is 0. The zero-order valence-electron chi connectivity index (χ0n) is 17.2. The molecule has 2 aromatic rings. The van der Waals surface area contributed by atoms with E-state index in [1.807, 2.05) is 20.8 Å². The summed E-state index contributed by atoms with van der Waals surface area (Å²) >= 11 is 6.12. The van der Waals surface area contributed by atoms with Crippen molar-refractivity contribution in [2.24, 2.45) is 5.92 Å². The molecule has 0 saturated carbocycles. The molecule has 1 saturated heterocycles. The van der Waals surface area contributed by atoms with Gasteiger partial charge in [0.2, 0.25) is 0 Å². The van der Waals surface area contributed by atoms with Crippen LogP contribution in [0, 0.1) is 16.0 Å². The second-order valence-corrected chi connectivity index (χ2v) is 8.86. The van der Waals surface area contributed by atoms with Crippen LogP contribution >= 0.6 is 11.6 Å². The molecule has 1 amide bonds. The van der Waals surface area contributed by atoms with Crippen LogP contribution in [0.1, 0.15) is 50.4 Å². The molecule has 1 aromatic carbocycles. The van der Waals surface area contributed by atoms with Crippen LogP contribution in [-0.4, -0.2) is 45.4 Å². The van der Waals surface area contributed by atoms with E-state index in [0.717, 1.165) is 0 Å². The largest absolute Gasteiger partial charge is 0.444 e. The SMILES string of the molecule is CC(C)(C)OC(=O)N1CCC(CC(=O)c2cc(Cl)c([N+](=O)[O-])c3cccnc23)CC1. The number of carbonyl (C=O) groups excluding carboxylic acids is 2. The second-order valence-electron chi connectivity index (χ2n) is 8.45. The lowest BCUT2D eigenvalue weighted by molar-refractivity contribution is -0.382. The van der Waals surface area contributed by atoms with E-state index in [1.165, 1.54) is 12.3 Å². The maximum absolute atomic E-state index is 13.0. The molecule has 1 fully saturated rings. The van der Waals surface area contributed by atoms with Crippen molar-refractivity contribution in [3.05, 3.63) is 45.1 Å². The Morgan fingerprint density at radius 2 is 2.00 bits per heavy atom. The predicted octanol–water partition coefficient (Wildman–Crippen LogP) is 5.02. The molecular formula is C21H24ClN3O5. The molecule has 9 heteroatoms. The van der Waals surface area contributed by atoms with E-state index in [2.05, 4.69) is 4.98 Å². The summed E-state index contributed by atoms with van der Waals surface area (Å²) in [5.74, 6) is -0.0601. The number of hydrogen-bond acceptors (Lipinski definition) is 6. The van der Waals surface area contributed by atoms with Crippen molar-refractivity contribution < 1.29 is 19.2 Å². The number of rotatable bonds is 4. The molecule has 1 aromatic heterocycles. The molecule has 1 aliphatic rings. The summed E-state index contributed by atoms with van der Waals surface area (Å²) in [5.41, 5.74) is -0.227. The van der Waals surface area contributed by atoms with E-state index < -0.39 is 10.5 Å². The Morgan fingerprint density at radius 1 is 1.33 bits per heavy atom. The number of pyridine rings is 1. The van der Waals surface area contributed by atoms with E-state index in [0.29, 0.717) is 25.9 Å². The van der Waals surface area contributed by atoms with Crippen LogP contribution in [0.2, 0.25) is 5.02 Å². The van der Waals surface area contributed by atoms with E-state index >= 15 is 0 Å². The van der Waals surface area contributed by atoms with E-state index in [-0.39, 0.29) is 51.4 Å². The molecule has 0 bridgehead atoms. The third-order valence-electron chi connectivity index (χ3n) is 5.04. The summed E-state index contributed by atoms with van der Waals surface area (Å²) in [4.78, 5) is 41.8. The van der Waals surface area contributed by atoms with Crippen molar-refractivity contribution >= 4 is 40.1 Å². The Balaban J connectivity index is 1.72. The van der Waals surface area contributed by atoms with Crippen LogP contribution in [0.5, 0.6) is 0 Å². The van der Waals surface area contributed by atoms with Crippen molar-refractivity contribution in [1.82, 2.24) is 9.88 Å². The van der Waals surface area contributed by atoms with Crippen LogP contribution in [0.4, 0.5) is 10.5 Å². The monoisotopic (exact) mass is 433 g/mol. The molecule has 160 valence electrons. The van der Waals surface area contributed by atoms with E-state index in [1.54, 1.807) is 17.0 Å². The number of nitrogens with zero attached hydrogens (tertiary/aromatic N) is 3. The number of ketones is 1. The topological polar surface area (TPSA) is 103 Å². The van der Waals surface area contributed by atoms with Crippen LogP contribution < -0.4 is 0 Å². The molecule has 1 aliphatic heterocycles. The lowest BCUT2D eigenvalue weighted by Crippen LogP contribution is -2.42. The summed E-state index contributed by atoms with van der Waals surface area (Å²) < 4.78 is 5.40. The Labute approximate surface area is 179 Å². The first-order valence-corrected chi connectivity index (χ1v) is 10.2. The smallest absolute Gasteiger partial charge is 0.410 e. The lowest BCUT2D eigenvalue weighted by atomic mass is 9.89. The van der Waals surface area contributed by atoms with Crippen molar-refractivity contribution in [2.75, 3.05) is 13.1 Å². The first kappa shape index (κ1) is 22.0. The Kier molecular flexibility index (Phi) is 6.26. The number of nitro groups is 1. The molecule has 8 nitrogen and oxygen atoms in total. The van der Waals surface area contributed by atoms with Gasteiger partial charge in [0.05, 0.1) is 15.8 Å². The molecule has 0 aliphatic carbocycles. The maximum atomic E-state index is 13.0. The Morgan fingerprint density at radius 3 is 2.60 bits per heavy atom. The highest BCUT2D eigenvalue weighted by Gasteiger charge is 2.29. The number of likely N-dealkylation sites (tertiary alicyclic amines) is 1. The van der Waals surface area contributed by atoms with Gasteiger partial charge in [-0.15, -0.1) is 0 Å². The van der Waals surface area contributed by atoms with Gasteiger partial charge in [-0.2, -0.15) is 0 Å². The summed E-state index contributed by atoms with van der Waals surface area (Å²) in [6, 6.07) is 4.46. The standard InChI is InChI=1S/C21H24ClN3O5/c1-21(2,3)30-20(27)24-9-6-13(7-10-24)11-17(26)15-12-16(22)19(25(28)29)14-5-4-8-23-18(14)15/h4-5,8,12-13H,6-7,9-11H2,1-3H3. The number of ether oxygens (including phenoxy) is 1. The normalized spacial score (nSPS) is 15.3. The average Bonchev–Trinajstić information content (AvgIpc) is 2.66. The van der Waals surface area contributed by atoms with Gasteiger partial charge in [-0.1, -0.05) is 11.6 Å². The van der Waals surface area contributed by atoms with Crippen molar-refractivity contribution in [2.45, 2.75) is 45.6 Å². The molecule has 0 unspecified atom stereocenters. The highest BCUT2D eigenvalue weighted by atomic mass is 35.5. The summed E-state index contributed by atoms with van der Waals surface area (Å²) in [6.07, 6.45) is 2.77. The number of piperidine rings is 1. The Hall–Kier alpha value is -2.74. The van der Waals surface area contributed by atoms with Crippen LogP contribution in [0.3, 0.4) is 0 Å². The van der Waals surface area contributed by atoms with Gasteiger partial charge in [-0.3, -0.25) is 19.9 Å². The van der Waals surface area contributed by atoms with Crippen LogP contribution in [-0.2, 0) is 4.74 Å². The number of fused-ring (bicyclic) bond motifs is 1. The van der Waals surface area contributed by atoms with Crippen LogP contribution in [0.25, 0.3) is 10.9 Å². The molecular weight excluding hydrogens is 410 g/mol. The van der Waals surface area contributed by atoms with Crippen molar-refractivity contribution in [3.8, 4) is 0 Å². The third-order valence-corrected chi connectivity index (χ3v) is 5.33. The maximum Gasteiger partial charge on any atom is 0.410 e. The highest BCUT2D eigenvalue weighted by molar-refractivity contribution is 6.35. The summed E-state index contributed by atoms with van der Waals surface area (Å²) in [5, 5.41) is 11.5. The van der Waals surface area contributed by atoms with Gasteiger partial charge in [-0.05, 0) is 57.7 Å². The third kappa shape index (κ3) is 4.87. The first-order chi connectivity index (χ1) is 14.1. The van der Waals surface area contributed by atoms with E-state index in [9.17, 15) is 19.7 Å². The number of carbonyl (C=O) groups is 2. The lowest BCUT2D eigenvalue weighted by Gasteiger charge is -2.33. The van der Waals surface area contributed by atoms with E-state index in [4.69, 9.17) is 16.3 Å². The number of amides is 1. The fraction of sp³-hybridized carbons (Fsp3) is 0.476. The minimum absolute atomic E-state index is 0.0800. The molecule has 0 radical (unpaired) electrons. The average molecular weight is 434 g/mol. The van der Waals surface area contributed by atoms with Crippen LogP contribution in [0.15, 0.2) is 24.4 Å². The quantitative estimate of drug-likeness (QED) is 0.381. The van der Waals surface area contributed by atoms with Crippen molar-refractivity contribution in [1.29, 1.82) is 0 Å². The van der Waals surface area contributed by atoms with Gasteiger partial charge in [0.25, 0.3) is 5.69 Å². The number of nitro benzene ring substituents is 1. The zero-order chi connectivity index (χ0) is 22.1.